The van der Waals surface area contributed by atoms with E-state index in [1.807, 2.05) is 22.8 Å². The van der Waals surface area contributed by atoms with Gasteiger partial charge in [-0.25, -0.2) is 0 Å². The van der Waals surface area contributed by atoms with E-state index in [9.17, 15) is 4.79 Å². The third kappa shape index (κ3) is 4.07. The molecule has 0 spiro atoms. The Kier molecular flexibility index (Phi) is 5.27. The number of rotatable bonds is 6. The van der Waals surface area contributed by atoms with E-state index in [0.717, 1.165) is 49.5 Å². The highest BCUT2D eigenvalue weighted by molar-refractivity contribution is 5.97. The molecule has 2 aromatic heterocycles. The minimum atomic E-state index is -0.0673. The number of benzene rings is 1. The van der Waals surface area contributed by atoms with Gasteiger partial charge in [-0.2, -0.15) is 0 Å². The number of furan rings is 1. The molecular weight excluding hydrogens is 342 g/mol. The Morgan fingerprint density at radius 3 is 2.85 bits per heavy atom. The Bertz CT molecular complexity index is 922. The number of nitrogens with zero attached hydrogens (tertiary/aromatic N) is 2. The Morgan fingerprint density at radius 1 is 1.19 bits per heavy atom. The van der Waals surface area contributed by atoms with Gasteiger partial charge in [0.1, 0.15) is 5.69 Å². The number of amides is 1. The van der Waals surface area contributed by atoms with Crippen LogP contribution < -0.4 is 5.32 Å². The summed E-state index contributed by atoms with van der Waals surface area (Å²) in [5.74, 6) is -0.0673. The van der Waals surface area contributed by atoms with Gasteiger partial charge in [0.2, 0.25) is 5.71 Å². The van der Waals surface area contributed by atoms with Gasteiger partial charge in [-0.05, 0) is 24.6 Å². The molecule has 27 heavy (non-hydrogen) atoms. The van der Waals surface area contributed by atoms with Crippen molar-refractivity contribution in [2.45, 2.75) is 13.5 Å². The lowest BCUT2D eigenvalue weighted by atomic mass is 10.1. The molecule has 6 heteroatoms. The maximum atomic E-state index is 12.8. The number of nitrogens with one attached hydrogen (secondary N) is 1. The zero-order valence-corrected chi connectivity index (χ0v) is 15.6. The number of morpholine rings is 1. The van der Waals surface area contributed by atoms with E-state index in [2.05, 4.69) is 35.3 Å². The van der Waals surface area contributed by atoms with E-state index in [1.165, 1.54) is 5.56 Å². The average molecular weight is 367 g/mol. The molecule has 1 aliphatic heterocycles. The lowest BCUT2D eigenvalue weighted by Crippen LogP contribution is -2.41. The van der Waals surface area contributed by atoms with Gasteiger partial charge in [0.25, 0.3) is 5.91 Å². The van der Waals surface area contributed by atoms with Crippen LogP contribution in [-0.4, -0.2) is 54.8 Å². The van der Waals surface area contributed by atoms with Crippen molar-refractivity contribution < 1.29 is 13.9 Å². The van der Waals surface area contributed by atoms with Crippen LogP contribution in [0, 0.1) is 6.92 Å². The lowest BCUT2D eigenvalue weighted by molar-refractivity contribution is 0.0383. The fourth-order valence-electron chi connectivity index (χ4n) is 3.56. The highest BCUT2D eigenvalue weighted by atomic mass is 16.5. The number of hydrogen-bond donors (Lipinski definition) is 1. The second kappa shape index (κ2) is 7.98. The second-order valence-electron chi connectivity index (χ2n) is 7.00. The van der Waals surface area contributed by atoms with Crippen molar-refractivity contribution in [3.05, 3.63) is 59.5 Å². The Labute approximate surface area is 158 Å². The van der Waals surface area contributed by atoms with Crippen LogP contribution in [0.1, 0.15) is 21.6 Å². The van der Waals surface area contributed by atoms with Crippen LogP contribution in [0.25, 0.3) is 11.1 Å². The first kappa shape index (κ1) is 17.8. The van der Waals surface area contributed by atoms with Crippen LogP contribution in [0.5, 0.6) is 0 Å². The fraction of sp³-hybridized carbons (Fsp3) is 0.381. The summed E-state index contributed by atoms with van der Waals surface area (Å²) in [7, 11) is 0. The predicted octanol–water partition coefficient (Wildman–Crippen LogP) is 2.65. The molecule has 1 fully saturated rings. The number of hydrogen-bond acceptors (Lipinski definition) is 4. The standard InChI is InChI=1S/C21H25N3O3/c1-16-3-2-4-17(13-16)15-24-19(14-18-5-10-27-21(18)24)20(25)22-6-7-23-8-11-26-12-9-23/h2-5,10,13-14H,6-9,11-12,15H2,1H3,(H,22,25). The Balaban J connectivity index is 1.48. The SMILES string of the molecule is Cc1cccc(Cn2c(C(=O)NCCN3CCOCC3)cc3ccoc32)c1. The Hall–Kier alpha value is -2.57. The van der Waals surface area contributed by atoms with Crippen LogP contribution in [0.3, 0.4) is 0 Å². The number of fused-ring (bicyclic) bond motifs is 1. The van der Waals surface area contributed by atoms with Crippen molar-refractivity contribution in [2.24, 2.45) is 0 Å². The van der Waals surface area contributed by atoms with E-state index in [-0.39, 0.29) is 5.91 Å². The normalized spacial score (nSPS) is 15.3. The smallest absolute Gasteiger partial charge is 0.268 e. The molecule has 0 unspecified atom stereocenters. The molecule has 3 heterocycles. The summed E-state index contributed by atoms with van der Waals surface area (Å²) in [6.07, 6.45) is 1.66. The van der Waals surface area contributed by atoms with Crippen molar-refractivity contribution in [1.29, 1.82) is 0 Å². The summed E-state index contributed by atoms with van der Waals surface area (Å²) in [6.45, 7) is 7.51. The van der Waals surface area contributed by atoms with Crippen LogP contribution in [-0.2, 0) is 11.3 Å². The second-order valence-corrected chi connectivity index (χ2v) is 7.00. The maximum absolute atomic E-state index is 12.8. The molecule has 1 aliphatic rings. The highest BCUT2D eigenvalue weighted by Gasteiger charge is 2.18. The molecule has 4 rings (SSSR count). The predicted molar refractivity (Wildman–Crippen MR) is 104 cm³/mol. The van der Waals surface area contributed by atoms with E-state index < -0.39 is 0 Å². The molecule has 0 aliphatic carbocycles. The molecule has 142 valence electrons. The third-order valence-electron chi connectivity index (χ3n) is 4.98. The van der Waals surface area contributed by atoms with Gasteiger partial charge < -0.3 is 19.0 Å². The highest BCUT2D eigenvalue weighted by Crippen LogP contribution is 2.22. The van der Waals surface area contributed by atoms with Gasteiger partial charge >= 0.3 is 0 Å². The van der Waals surface area contributed by atoms with E-state index in [1.54, 1.807) is 6.26 Å². The first-order valence-electron chi connectivity index (χ1n) is 9.41. The van der Waals surface area contributed by atoms with Gasteiger partial charge in [-0.15, -0.1) is 0 Å². The number of carbonyl (C=O) groups is 1. The van der Waals surface area contributed by atoms with Crippen molar-refractivity contribution in [3.63, 3.8) is 0 Å². The summed E-state index contributed by atoms with van der Waals surface area (Å²) in [5, 5.41) is 4.00. The molecule has 0 bridgehead atoms. The molecule has 0 saturated carbocycles. The quantitative estimate of drug-likeness (QED) is 0.728. The summed E-state index contributed by atoms with van der Waals surface area (Å²) >= 11 is 0. The molecule has 6 nitrogen and oxygen atoms in total. The minimum absolute atomic E-state index is 0.0673. The Morgan fingerprint density at radius 2 is 2.04 bits per heavy atom. The van der Waals surface area contributed by atoms with Crippen LogP contribution in [0.4, 0.5) is 0 Å². The minimum Gasteiger partial charge on any atom is -0.448 e. The van der Waals surface area contributed by atoms with Crippen molar-refractivity contribution in [1.82, 2.24) is 14.8 Å². The van der Waals surface area contributed by atoms with E-state index in [0.29, 0.717) is 18.8 Å². The van der Waals surface area contributed by atoms with Crippen molar-refractivity contribution in [2.75, 3.05) is 39.4 Å². The molecule has 0 atom stereocenters. The van der Waals surface area contributed by atoms with Crippen LogP contribution in [0.2, 0.25) is 0 Å². The first-order chi connectivity index (χ1) is 13.2. The van der Waals surface area contributed by atoms with E-state index >= 15 is 0 Å². The molecule has 1 amide bonds. The molecule has 1 aromatic carbocycles. The summed E-state index contributed by atoms with van der Waals surface area (Å²) in [6, 6.07) is 12.1. The van der Waals surface area contributed by atoms with Gasteiger partial charge in [-0.3, -0.25) is 9.69 Å². The monoisotopic (exact) mass is 367 g/mol. The summed E-state index contributed by atoms with van der Waals surface area (Å²) in [4.78, 5) is 15.1. The average Bonchev–Trinajstić information content (AvgIpc) is 3.25. The van der Waals surface area contributed by atoms with Crippen molar-refractivity contribution in [3.8, 4) is 0 Å². The zero-order chi connectivity index (χ0) is 18.6. The maximum Gasteiger partial charge on any atom is 0.268 e. The largest absolute Gasteiger partial charge is 0.448 e. The lowest BCUT2D eigenvalue weighted by Gasteiger charge is -2.26. The molecule has 3 aromatic rings. The molecule has 1 N–H and O–H groups in total. The molecular formula is C21H25N3O3. The topological polar surface area (TPSA) is 59.6 Å². The van der Waals surface area contributed by atoms with E-state index in [4.69, 9.17) is 9.15 Å². The molecule has 0 radical (unpaired) electrons. The third-order valence-corrected chi connectivity index (χ3v) is 4.98. The zero-order valence-electron chi connectivity index (χ0n) is 15.6. The number of ether oxygens (including phenoxy) is 1. The van der Waals surface area contributed by atoms with Crippen LogP contribution >= 0.6 is 0 Å². The van der Waals surface area contributed by atoms with Gasteiger partial charge in [-0.1, -0.05) is 29.8 Å². The van der Waals surface area contributed by atoms with Gasteiger partial charge in [0, 0.05) is 31.6 Å². The first-order valence-corrected chi connectivity index (χ1v) is 9.41. The summed E-state index contributed by atoms with van der Waals surface area (Å²) in [5.41, 5.74) is 3.71. The van der Waals surface area contributed by atoms with Gasteiger partial charge in [0.05, 0.1) is 26.0 Å². The van der Waals surface area contributed by atoms with Crippen molar-refractivity contribution >= 4 is 17.0 Å². The number of carbonyl (C=O) groups excluding carboxylic acids is 1. The van der Waals surface area contributed by atoms with Gasteiger partial charge in [0.15, 0.2) is 0 Å². The van der Waals surface area contributed by atoms with Crippen LogP contribution in [0.15, 0.2) is 47.1 Å². The summed E-state index contributed by atoms with van der Waals surface area (Å²) < 4.78 is 13.0. The number of aryl methyl sites for hydroxylation is 1. The molecule has 1 saturated heterocycles. The number of aromatic nitrogens is 1. The fourth-order valence-corrected chi connectivity index (χ4v) is 3.56.